The number of hydrogen-bond donors (Lipinski definition) is 0. The molecular formula is C30H33N5O4S. The van der Waals surface area contributed by atoms with Crippen LogP contribution in [0.25, 0.3) is 22.3 Å². The van der Waals surface area contributed by atoms with Crippen LogP contribution < -0.4 is 9.64 Å². The molecule has 6 rings (SSSR count). The number of piperazine rings is 1. The third kappa shape index (κ3) is 4.81. The van der Waals surface area contributed by atoms with Crippen molar-refractivity contribution in [2.75, 3.05) is 49.7 Å². The number of sulfone groups is 1. The van der Waals surface area contributed by atoms with Crippen LogP contribution in [-0.4, -0.2) is 78.8 Å². The van der Waals surface area contributed by atoms with Crippen molar-refractivity contribution in [2.45, 2.75) is 26.3 Å². The molecule has 1 atom stereocenters. The molecule has 0 aliphatic carbocycles. The van der Waals surface area contributed by atoms with Gasteiger partial charge in [-0.2, -0.15) is 5.10 Å². The maximum atomic E-state index is 14.1. The summed E-state index contributed by atoms with van der Waals surface area (Å²) >= 11 is 0. The highest BCUT2D eigenvalue weighted by Gasteiger charge is 2.33. The fraction of sp³-hybridized carbons (Fsp3) is 0.367. The van der Waals surface area contributed by atoms with E-state index in [-0.39, 0.29) is 23.5 Å². The molecule has 2 aliphatic rings. The van der Waals surface area contributed by atoms with Gasteiger partial charge in [-0.05, 0) is 38.5 Å². The van der Waals surface area contributed by atoms with Crippen molar-refractivity contribution in [3.05, 3.63) is 71.4 Å². The summed E-state index contributed by atoms with van der Waals surface area (Å²) < 4.78 is 31.9. The Balaban J connectivity index is 1.38. The number of nitrogens with zero attached hydrogens (tertiary/aromatic N) is 5. The van der Waals surface area contributed by atoms with Crippen molar-refractivity contribution >= 4 is 32.5 Å². The van der Waals surface area contributed by atoms with Crippen LogP contribution >= 0.6 is 0 Å². The molecule has 4 heterocycles. The summed E-state index contributed by atoms with van der Waals surface area (Å²) in [5, 5.41) is 5.43. The van der Waals surface area contributed by atoms with Crippen molar-refractivity contribution in [1.29, 1.82) is 0 Å². The Bertz CT molecular complexity index is 1690. The number of para-hydroxylation sites is 2. The zero-order valence-corrected chi connectivity index (χ0v) is 23.8. The summed E-state index contributed by atoms with van der Waals surface area (Å²) in [6, 6.07) is 17.5. The molecule has 0 saturated carbocycles. The van der Waals surface area contributed by atoms with Crippen molar-refractivity contribution < 1.29 is 17.9 Å². The van der Waals surface area contributed by atoms with Gasteiger partial charge in [0.2, 0.25) is 0 Å². The molecule has 0 bridgehead atoms. The Labute approximate surface area is 234 Å². The van der Waals surface area contributed by atoms with Gasteiger partial charge in [-0.25, -0.2) is 18.1 Å². The molecule has 40 heavy (non-hydrogen) atoms. The highest BCUT2D eigenvalue weighted by Crippen LogP contribution is 2.33. The normalized spacial score (nSPS) is 18.8. The Morgan fingerprint density at radius 3 is 2.40 bits per heavy atom. The van der Waals surface area contributed by atoms with E-state index < -0.39 is 9.84 Å². The number of benzene rings is 2. The van der Waals surface area contributed by atoms with Crippen molar-refractivity contribution in [3.8, 4) is 17.0 Å². The molecule has 2 fully saturated rings. The molecular weight excluding hydrogens is 526 g/mol. The van der Waals surface area contributed by atoms with Gasteiger partial charge in [-0.15, -0.1) is 0 Å². The minimum absolute atomic E-state index is 0.0356. The summed E-state index contributed by atoms with van der Waals surface area (Å²) in [6.45, 7) is 6.39. The van der Waals surface area contributed by atoms with Crippen LogP contribution in [-0.2, 0) is 9.84 Å². The summed E-state index contributed by atoms with van der Waals surface area (Å²) in [6.07, 6.45) is 0.489. The Hall–Kier alpha value is -3.92. The van der Waals surface area contributed by atoms with Crippen LogP contribution in [0.4, 0.5) is 5.69 Å². The number of methoxy groups -OCH3 is 1. The van der Waals surface area contributed by atoms with Gasteiger partial charge in [0.1, 0.15) is 5.75 Å². The van der Waals surface area contributed by atoms with Gasteiger partial charge in [-0.3, -0.25) is 4.79 Å². The second-order valence-corrected chi connectivity index (χ2v) is 12.9. The molecule has 2 aromatic carbocycles. The lowest BCUT2D eigenvalue weighted by atomic mass is 10.0. The summed E-state index contributed by atoms with van der Waals surface area (Å²) in [4.78, 5) is 23.2. The molecule has 2 aliphatic heterocycles. The lowest BCUT2D eigenvalue weighted by Gasteiger charge is -2.36. The van der Waals surface area contributed by atoms with E-state index in [1.54, 1.807) is 11.8 Å². The van der Waals surface area contributed by atoms with E-state index in [1.807, 2.05) is 73.3 Å². The van der Waals surface area contributed by atoms with Crippen LogP contribution in [0.1, 0.15) is 34.1 Å². The van der Waals surface area contributed by atoms with Crippen molar-refractivity contribution in [2.24, 2.45) is 0 Å². The number of carbonyl (C=O) groups is 1. The smallest absolute Gasteiger partial charge is 0.254 e. The molecule has 2 saturated heterocycles. The standard InChI is InChI=1S/C30H33N5O4S/c1-20-8-10-22(11-9-20)25-18-24(28-21(2)32-35(29(28)31-25)23-12-17-40(37,38)19-23)30(36)34-15-13-33(14-16-34)26-6-4-5-7-27(26)39-3/h4-11,18,23H,12-17,19H2,1-3H3. The second kappa shape index (κ2) is 10.2. The number of pyridine rings is 1. The number of aryl methyl sites for hydroxylation is 2. The lowest BCUT2D eigenvalue weighted by molar-refractivity contribution is 0.0748. The van der Waals surface area contributed by atoms with Crippen LogP contribution in [0.3, 0.4) is 0 Å². The zero-order valence-electron chi connectivity index (χ0n) is 23.0. The molecule has 9 nitrogen and oxygen atoms in total. The summed E-state index contributed by atoms with van der Waals surface area (Å²) in [7, 11) is -1.46. The van der Waals surface area contributed by atoms with Crippen LogP contribution in [0.5, 0.6) is 5.75 Å². The maximum Gasteiger partial charge on any atom is 0.254 e. The quantitative estimate of drug-likeness (QED) is 0.364. The molecule has 4 aromatic rings. The molecule has 0 radical (unpaired) electrons. The summed E-state index contributed by atoms with van der Waals surface area (Å²) in [5.74, 6) is 0.922. The number of carbonyl (C=O) groups excluding carboxylic acids is 1. The first kappa shape index (κ1) is 26.3. The number of fused-ring (bicyclic) bond motifs is 1. The highest BCUT2D eigenvalue weighted by atomic mass is 32.2. The van der Waals surface area contributed by atoms with E-state index in [1.165, 1.54) is 0 Å². The van der Waals surface area contributed by atoms with Gasteiger partial charge in [-0.1, -0.05) is 42.0 Å². The average molecular weight is 560 g/mol. The van der Waals surface area contributed by atoms with Crippen molar-refractivity contribution in [3.63, 3.8) is 0 Å². The Morgan fingerprint density at radius 1 is 1.00 bits per heavy atom. The van der Waals surface area contributed by atoms with Crippen LogP contribution in [0.2, 0.25) is 0 Å². The fourth-order valence-corrected chi connectivity index (χ4v) is 7.48. The number of rotatable bonds is 5. The number of anilines is 1. The van der Waals surface area contributed by atoms with Gasteiger partial charge in [0.25, 0.3) is 5.91 Å². The molecule has 1 amide bonds. The predicted molar refractivity (Wildman–Crippen MR) is 156 cm³/mol. The molecule has 1 unspecified atom stereocenters. The topological polar surface area (TPSA) is 97.6 Å². The largest absolute Gasteiger partial charge is 0.495 e. The number of amides is 1. The first-order valence-electron chi connectivity index (χ1n) is 13.6. The van der Waals surface area contributed by atoms with Crippen LogP contribution in [0.15, 0.2) is 54.6 Å². The first-order valence-corrected chi connectivity index (χ1v) is 15.4. The molecule has 0 N–H and O–H groups in total. The minimum Gasteiger partial charge on any atom is -0.495 e. The third-order valence-electron chi connectivity index (χ3n) is 7.96. The van der Waals surface area contributed by atoms with Crippen LogP contribution in [0, 0.1) is 13.8 Å². The first-order chi connectivity index (χ1) is 19.2. The van der Waals surface area contributed by atoms with E-state index in [0.29, 0.717) is 60.6 Å². The number of ether oxygens (including phenoxy) is 1. The monoisotopic (exact) mass is 559 g/mol. The lowest BCUT2D eigenvalue weighted by Crippen LogP contribution is -2.49. The summed E-state index contributed by atoms with van der Waals surface area (Å²) in [5.41, 5.74) is 5.51. The Kier molecular flexibility index (Phi) is 6.74. The minimum atomic E-state index is -3.12. The van der Waals surface area contributed by atoms with E-state index in [4.69, 9.17) is 14.8 Å². The van der Waals surface area contributed by atoms with Gasteiger partial charge in [0.15, 0.2) is 15.5 Å². The highest BCUT2D eigenvalue weighted by molar-refractivity contribution is 7.91. The molecule has 0 spiro atoms. The number of aromatic nitrogens is 3. The van der Waals surface area contributed by atoms with Gasteiger partial charge >= 0.3 is 0 Å². The van der Waals surface area contributed by atoms with E-state index in [0.717, 1.165) is 22.6 Å². The maximum absolute atomic E-state index is 14.1. The number of hydrogen-bond acceptors (Lipinski definition) is 7. The van der Waals surface area contributed by atoms with Gasteiger partial charge in [0.05, 0.1) is 52.7 Å². The fourth-order valence-electron chi connectivity index (χ4n) is 5.79. The van der Waals surface area contributed by atoms with E-state index in [2.05, 4.69) is 4.90 Å². The Morgan fingerprint density at radius 2 is 1.73 bits per heavy atom. The van der Waals surface area contributed by atoms with E-state index in [9.17, 15) is 13.2 Å². The molecule has 10 heteroatoms. The van der Waals surface area contributed by atoms with E-state index >= 15 is 0 Å². The van der Waals surface area contributed by atoms with Crippen molar-refractivity contribution in [1.82, 2.24) is 19.7 Å². The SMILES string of the molecule is COc1ccccc1N1CCN(C(=O)c2cc(-c3ccc(C)cc3)nc3c2c(C)nn3C2CCS(=O)(=O)C2)CC1. The third-order valence-corrected chi connectivity index (χ3v) is 9.71. The average Bonchev–Trinajstić information content (AvgIpc) is 3.50. The second-order valence-electron chi connectivity index (χ2n) is 10.7. The molecule has 208 valence electrons. The molecule has 2 aromatic heterocycles. The zero-order chi connectivity index (χ0) is 28.0. The van der Waals surface area contributed by atoms with Gasteiger partial charge in [0, 0.05) is 31.7 Å². The predicted octanol–water partition coefficient (Wildman–Crippen LogP) is 4.05. The van der Waals surface area contributed by atoms with Gasteiger partial charge < -0.3 is 14.5 Å².